The van der Waals surface area contributed by atoms with Gasteiger partial charge in [0.1, 0.15) is 0 Å². The van der Waals surface area contributed by atoms with Crippen molar-refractivity contribution < 1.29 is 13.2 Å². The molecule has 2 heterocycles. The van der Waals surface area contributed by atoms with Crippen LogP contribution in [0.2, 0.25) is 0 Å². The van der Waals surface area contributed by atoms with E-state index in [0.29, 0.717) is 13.0 Å². The maximum absolute atomic E-state index is 12.5. The summed E-state index contributed by atoms with van der Waals surface area (Å²) >= 11 is 1.81. The number of nitrogens with two attached hydrogens (primary N) is 1. The number of carbonyl (C=O) groups excluding carboxylic acids is 1. The molecule has 0 bridgehead atoms. The first-order valence-electron chi connectivity index (χ1n) is 6.51. The third kappa shape index (κ3) is 2.45. The van der Waals surface area contributed by atoms with Crippen LogP contribution in [-0.2, 0) is 21.2 Å². The second-order valence-electron chi connectivity index (χ2n) is 5.14. The zero-order chi connectivity index (χ0) is 14.3. The van der Waals surface area contributed by atoms with Gasteiger partial charge < -0.3 is 4.90 Å². The highest BCUT2D eigenvalue weighted by molar-refractivity contribution is 7.99. The Morgan fingerprint density at radius 2 is 2.20 bits per heavy atom. The molecule has 20 heavy (non-hydrogen) atoms. The average molecular weight is 312 g/mol. The number of nitrogens with zero attached hydrogens (tertiary/aromatic N) is 1. The van der Waals surface area contributed by atoms with Crippen molar-refractivity contribution in [2.24, 2.45) is 11.1 Å². The highest BCUT2D eigenvalue weighted by atomic mass is 32.2. The summed E-state index contributed by atoms with van der Waals surface area (Å²) in [6.45, 7) is 0.628. The molecule has 7 heteroatoms. The number of sulfonamides is 1. The highest BCUT2D eigenvalue weighted by Crippen LogP contribution is 2.33. The first-order valence-corrected chi connectivity index (χ1v) is 9.22. The number of hydrogen-bond donors (Lipinski definition) is 1. The molecule has 5 nitrogen and oxygen atoms in total. The van der Waals surface area contributed by atoms with Crippen molar-refractivity contribution in [3.63, 3.8) is 0 Å². The van der Waals surface area contributed by atoms with Gasteiger partial charge in [-0.15, -0.1) is 0 Å². The molecule has 0 radical (unpaired) electrons. The first-order chi connectivity index (χ1) is 9.47. The minimum absolute atomic E-state index is 0.101. The van der Waals surface area contributed by atoms with E-state index in [1.807, 2.05) is 11.8 Å². The van der Waals surface area contributed by atoms with Gasteiger partial charge in [0.05, 0.1) is 4.90 Å². The Bertz CT molecular complexity index is 652. The number of rotatable bonds is 2. The number of amides is 1. The van der Waals surface area contributed by atoms with Crippen LogP contribution in [0, 0.1) is 5.92 Å². The lowest BCUT2D eigenvalue weighted by Crippen LogP contribution is -2.34. The Morgan fingerprint density at radius 1 is 1.40 bits per heavy atom. The van der Waals surface area contributed by atoms with E-state index in [2.05, 4.69) is 0 Å². The Balaban J connectivity index is 1.89. The lowest BCUT2D eigenvalue weighted by atomic mass is 10.1. The van der Waals surface area contributed by atoms with Crippen LogP contribution in [0.1, 0.15) is 12.0 Å². The minimum Gasteiger partial charge on any atom is -0.312 e. The molecule has 108 valence electrons. The fourth-order valence-corrected chi connectivity index (χ4v) is 4.51. The van der Waals surface area contributed by atoms with Crippen LogP contribution >= 0.6 is 11.8 Å². The van der Waals surface area contributed by atoms with E-state index in [0.717, 1.165) is 29.2 Å². The van der Waals surface area contributed by atoms with Gasteiger partial charge in [-0.25, -0.2) is 13.6 Å². The summed E-state index contributed by atoms with van der Waals surface area (Å²) in [7, 11) is -3.68. The summed E-state index contributed by atoms with van der Waals surface area (Å²) in [5, 5.41) is 5.13. The molecule has 1 atom stereocenters. The molecule has 2 aliphatic rings. The fraction of sp³-hybridized carbons (Fsp3) is 0.462. The molecule has 1 saturated heterocycles. The molecule has 1 aromatic rings. The average Bonchev–Trinajstić information content (AvgIpc) is 3.06. The maximum atomic E-state index is 12.5. The number of thioether (sulfide) groups is 1. The van der Waals surface area contributed by atoms with Crippen LogP contribution in [0.4, 0.5) is 5.69 Å². The second kappa shape index (κ2) is 5.05. The van der Waals surface area contributed by atoms with Crippen molar-refractivity contribution in [2.75, 3.05) is 23.0 Å². The summed E-state index contributed by atoms with van der Waals surface area (Å²) in [4.78, 5) is 14.4. The summed E-state index contributed by atoms with van der Waals surface area (Å²) in [5.74, 6) is 2.20. The van der Waals surface area contributed by atoms with E-state index in [9.17, 15) is 13.2 Å². The molecule has 2 aliphatic heterocycles. The zero-order valence-corrected chi connectivity index (χ0v) is 12.5. The Hall–Kier alpha value is -1.05. The molecular weight excluding hydrogens is 296 g/mol. The lowest BCUT2D eigenvalue weighted by molar-refractivity contribution is -0.121. The van der Waals surface area contributed by atoms with Gasteiger partial charge in [0, 0.05) is 23.9 Å². The van der Waals surface area contributed by atoms with Gasteiger partial charge >= 0.3 is 0 Å². The molecule has 2 N–H and O–H groups in total. The molecule has 0 spiro atoms. The Kier molecular flexibility index (Phi) is 3.51. The van der Waals surface area contributed by atoms with E-state index in [1.165, 1.54) is 6.07 Å². The summed E-state index contributed by atoms with van der Waals surface area (Å²) in [6, 6.07) is 4.76. The number of primary sulfonamides is 1. The minimum atomic E-state index is -3.68. The van der Waals surface area contributed by atoms with E-state index < -0.39 is 10.0 Å². The Morgan fingerprint density at radius 3 is 2.85 bits per heavy atom. The molecule has 1 amide bonds. The Labute approximate surface area is 122 Å². The number of anilines is 1. The molecule has 0 aliphatic carbocycles. The number of carbonyl (C=O) groups is 1. The predicted molar refractivity (Wildman–Crippen MR) is 79.3 cm³/mol. The number of benzene rings is 1. The van der Waals surface area contributed by atoms with Gasteiger partial charge in [-0.05, 0) is 42.4 Å². The lowest BCUT2D eigenvalue weighted by Gasteiger charge is -2.21. The normalized spacial score (nSPS) is 22.1. The van der Waals surface area contributed by atoms with Crippen LogP contribution in [-0.4, -0.2) is 32.4 Å². The predicted octanol–water partition coefficient (Wildman–Crippen LogP) is 0.976. The van der Waals surface area contributed by atoms with Crippen molar-refractivity contribution in [2.45, 2.75) is 17.7 Å². The van der Waals surface area contributed by atoms with Crippen molar-refractivity contribution >= 4 is 33.4 Å². The summed E-state index contributed by atoms with van der Waals surface area (Å²) in [5.41, 5.74) is 1.72. The van der Waals surface area contributed by atoms with Gasteiger partial charge in [-0.1, -0.05) is 0 Å². The molecular formula is C13H16N2O3S2. The van der Waals surface area contributed by atoms with E-state index in [1.54, 1.807) is 17.0 Å². The van der Waals surface area contributed by atoms with Gasteiger partial charge in [-0.2, -0.15) is 11.8 Å². The van der Waals surface area contributed by atoms with E-state index in [4.69, 9.17) is 5.14 Å². The largest absolute Gasteiger partial charge is 0.312 e. The standard InChI is InChI=1S/C13H16N2O3S2/c14-20(17,18)11-1-2-12-9(7-11)3-5-15(12)13(16)10-4-6-19-8-10/h1-2,7,10H,3-6,8H2,(H2,14,17,18). The number of hydrogen-bond acceptors (Lipinski definition) is 4. The zero-order valence-electron chi connectivity index (χ0n) is 10.9. The number of fused-ring (bicyclic) bond motifs is 1. The van der Waals surface area contributed by atoms with Crippen molar-refractivity contribution in [3.8, 4) is 0 Å². The highest BCUT2D eigenvalue weighted by Gasteiger charge is 2.32. The van der Waals surface area contributed by atoms with E-state index >= 15 is 0 Å². The third-order valence-corrected chi connectivity index (χ3v) is 5.89. The van der Waals surface area contributed by atoms with Crippen LogP contribution in [0.15, 0.2) is 23.1 Å². The van der Waals surface area contributed by atoms with Crippen molar-refractivity contribution in [1.29, 1.82) is 0 Å². The topological polar surface area (TPSA) is 80.5 Å². The van der Waals surface area contributed by atoms with Crippen LogP contribution in [0.25, 0.3) is 0 Å². The second-order valence-corrected chi connectivity index (χ2v) is 7.85. The SMILES string of the molecule is NS(=O)(=O)c1ccc2c(c1)CCN2C(=O)C1CCSC1. The summed E-state index contributed by atoms with van der Waals surface area (Å²) < 4.78 is 22.7. The van der Waals surface area contributed by atoms with Crippen LogP contribution in [0.5, 0.6) is 0 Å². The van der Waals surface area contributed by atoms with Crippen LogP contribution in [0.3, 0.4) is 0 Å². The van der Waals surface area contributed by atoms with Gasteiger partial charge in [0.2, 0.25) is 15.9 Å². The van der Waals surface area contributed by atoms with E-state index in [-0.39, 0.29) is 16.7 Å². The summed E-state index contributed by atoms with van der Waals surface area (Å²) in [6.07, 6.45) is 1.62. The molecule has 1 aromatic carbocycles. The first kappa shape index (κ1) is 13.9. The third-order valence-electron chi connectivity index (χ3n) is 3.82. The quantitative estimate of drug-likeness (QED) is 0.882. The van der Waals surface area contributed by atoms with Crippen molar-refractivity contribution in [1.82, 2.24) is 0 Å². The van der Waals surface area contributed by atoms with Gasteiger partial charge in [-0.3, -0.25) is 4.79 Å². The van der Waals surface area contributed by atoms with Gasteiger partial charge in [0.25, 0.3) is 0 Å². The molecule has 0 aromatic heterocycles. The molecule has 1 fully saturated rings. The molecule has 3 rings (SSSR count). The molecule has 1 unspecified atom stereocenters. The molecule has 0 saturated carbocycles. The smallest absolute Gasteiger partial charge is 0.238 e. The monoisotopic (exact) mass is 312 g/mol. The van der Waals surface area contributed by atoms with Crippen molar-refractivity contribution in [3.05, 3.63) is 23.8 Å². The van der Waals surface area contributed by atoms with Crippen LogP contribution < -0.4 is 10.0 Å². The van der Waals surface area contributed by atoms with Gasteiger partial charge in [0.15, 0.2) is 0 Å². The maximum Gasteiger partial charge on any atom is 0.238 e. The fourth-order valence-electron chi connectivity index (χ4n) is 2.73.